The molecule has 0 saturated heterocycles. The smallest absolute Gasteiger partial charge is 0.119 e. The monoisotopic (exact) mass is 313 g/mol. The fourth-order valence-electron chi connectivity index (χ4n) is 2.21. The second-order valence-electron chi connectivity index (χ2n) is 5.89. The Bertz CT molecular complexity index is 578. The standard InChI is InChI=1S/C20H27NO2/c1-4-5-13-22-20-8-6-7-17(14-20)15-21-18-9-11-19(12-10-18)23-16(2)3/h6-12,14,16,21H,4-5,13,15H2,1-3H3. The molecule has 1 N–H and O–H groups in total. The molecule has 0 unspecified atom stereocenters. The summed E-state index contributed by atoms with van der Waals surface area (Å²) >= 11 is 0. The molecular weight excluding hydrogens is 286 g/mol. The number of anilines is 1. The van der Waals surface area contributed by atoms with Gasteiger partial charge in [-0.2, -0.15) is 0 Å². The molecule has 0 fully saturated rings. The molecule has 0 amide bonds. The van der Waals surface area contributed by atoms with Crippen LogP contribution in [0.5, 0.6) is 11.5 Å². The molecule has 0 spiro atoms. The van der Waals surface area contributed by atoms with Gasteiger partial charge in [-0.3, -0.25) is 0 Å². The number of unbranched alkanes of at least 4 members (excludes halogenated alkanes) is 1. The van der Waals surface area contributed by atoms with Crippen molar-refractivity contribution in [1.82, 2.24) is 0 Å². The Balaban J connectivity index is 1.86. The van der Waals surface area contributed by atoms with Crippen molar-refractivity contribution >= 4 is 5.69 Å². The van der Waals surface area contributed by atoms with E-state index in [4.69, 9.17) is 9.47 Å². The average Bonchev–Trinajstić information content (AvgIpc) is 2.54. The SMILES string of the molecule is CCCCOc1cccc(CNc2ccc(OC(C)C)cc2)c1. The topological polar surface area (TPSA) is 30.5 Å². The van der Waals surface area contributed by atoms with E-state index in [2.05, 4.69) is 24.4 Å². The van der Waals surface area contributed by atoms with Crippen molar-refractivity contribution in [3.8, 4) is 11.5 Å². The molecule has 0 aliphatic rings. The Kier molecular flexibility index (Phi) is 6.79. The van der Waals surface area contributed by atoms with Gasteiger partial charge in [0, 0.05) is 12.2 Å². The maximum Gasteiger partial charge on any atom is 0.119 e. The van der Waals surface area contributed by atoms with Gasteiger partial charge in [0.15, 0.2) is 0 Å². The van der Waals surface area contributed by atoms with E-state index in [1.807, 2.05) is 50.2 Å². The predicted molar refractivity (Wildman–Crippen MR) is 96.4 cm³/mol. The minimum absolute atomic E-state index is 0.198. The number of ether oxygens (including phenoxy) is 2. The van der Waals surface area contributed by atoms with E-state index in [1.165, 1.54) is 5.56 Å². The van der Waals surface area contributed by atoms with Crippen molar-refractivity contribution < 1.29 is 9.47 Å². The van der Waals surface area contributed by atoms with E-state index in [0.29, 0.717) is 0 Å². The molecule has 2 rings (SSSR count). The highest BCUT2D eigenvalue weighted by molar-refractivity contribution is 5.47. The van der Waals surface area contributed by atoms with E-state index in [1.54, 1.807) is 0 Å². The van der Waals surface area contributed by atoms with Crippen LogP contribution in [-0.4, -0.2) is 12.7 Å². The van der Waals surface area contributed by atoms with Gasteiger partial charge < -0.3 is 14.8 Å². The summed E-state index contributed by atoms with van der Waals surface area (Å²) in [5, 5.41) is 3.42. The minimum atomic E-state index is 0.198. The molecule has 3 nitrogen and oxygen atoms in total. The van der Waals surface area contributed by atoms with E-state index in [0.717, 1.165) is 43.2 Å². The Morgan fingerprint density at radius 2 is 1.78 bits per heavy atom. The van der Waals surface area contributed by atoms with Crippen LogP contribution in [0.3, 0.4) is 0 Å². The van der Waals surface area contributed by atoms with Crippen LogP contribution in [0.15, 0.2) is 48.5 Å². The lowest BCUT2D eigenvalue weighted by Crippen LogP contribution is -2.05. The Labute approximate surface area is 139 Å². The van der Waals surface area contributed by atoms with Crippen LogP contribution in [0.25, 0.3) is 0 Å². The summed E-state index contributed by atoms with van der Waals surface area (Å²) < 4.78 is 11.4. The summed E-state index contributed by atoms with van der Waals surface area (Å²) in [5.41, 5.74) is 2.29. The van der Waals surface area contributed by atoms with E-state index in [9.17, 15) is 0 Å². The zero-order chi connectivity index (χ0) is 16.5. The minimum Gasteiger partial charge on any atom is -0.494 e. The van der Waals surface area contributed by atoms with Crippen molar-refractivity contribution in [2.24, 2.45) is 0 Å². The van der Waals surface area contributed by atoms with Crippen molar-refractivity contribution in [3.63, 3.8) is 0 Å². The summed E-state index contributed by atoms with van der Waals surface area (Å²) in [6.07, 6.45) is 2.44. The summed E-state index contributed by atoms with van der Waals surface area (Å²) in [6.45, 7) is 7.78. The first-order chi connectivity index (χ1) is 11.2. The van der Waals surface area contributed by atoms with Crippen LogP contribution in [0, 0.1) is 0 Å². The van der Waals surface area contributed by atoms with Crippen molar-refractivity contribution in [3.05, 3.63) is 54.1 Å². The lowest BCUT2D eigenvalue weighted by atomic mass is 10.2. The number of nitrogens with one attached hydrogen (secondary N) is 1. The summed E-state index contributed by atoms with van der Waals surface area (Å²) in [6, 6.07) is 16.3. The van der Waals surface area contributed by atoms with Gasteiger partial charge in [-0.05, 0) is 62.2 Å². The highest BCUT2D eigenvalue weighted by Crippen LogP contribution is 2.19. The largest absolute Gasteiger partial charge is 0.494 e. The van der Waals surface area contributed by atoms with Gasteiger partial charge in [0.05, 0.1) is 12.7 Å². The zero-order valence-corrected chi connectivity index (χ0v) is 14.3. The second kappa shape index (κ2) is 9.09. The van der Waals surface area contributed by atoms with Gasteiger partial charge in [0.2, 0.25) is 0 Å². The highest BCUT2D eigenvalue weighted by atomic mass is 16.5. The Hall–Kier alpha value is -2.16. The van der Waals surface area contributed by atoms with Crippen molar-refractivity contribution in [1.29, 1.82) is 0 Å². The number of hydrogen-bond acceptors (Lipinski definition) is 3. The Morgan fingerprint density at radius 3 is 2.48 bits per heavy atom. The molecule has 0 atom stereocenters. The maximum absolute atomic E-state index is 5.75. The molecular formula is C20H27NO2. The van der Waals surface area contributed by atoms with Crippen LogP contribution in [0.4, 0.5) is 5.69 Å². The van der Waals surface area contributed by atoms with Crippen molar-refractivity contribution in [2.45, 2.75) is 46.3 Å². The van der Waals surface area contributed by atoms with Gasteiger partial charge in [-0.15, -0.1) is 0 Å². The number of hydrogen-bond donors (Lipinski definition) is 1. The molecule has 0 heterocycles. The molecule has 0 radical (unpaired) electrons. The molecule has 23 heavy (non-hydrogen) atoms. The van der Waals surface area contributed by atoms with Crippen LogP contribution in [0.1, 0.15) is 39.2 Å². The first kappa shape index (κ1) is 17.2. The molecule has 2 aromatic rings. The summed E-state index contributed by atoms with van der Waals surface area (Å²) in [5.74, 6) is 1.84. The zero-order valence-electron chi connectivity index (χ0n) is 14.3. The Morgan fingerprint density at radius 1 is 1.00 bits per heavy atom. The summed E-state index contributed by atoms with van der Waals surface area (Å²) in [7, 11) is 0. The third kappa shape index (κ3) is 6.23. The molecule has 124 valence electrons. The molecule has 0 aliphatic carbocycles. The number of rotatable bonds is 9. The van der Waals surface area contributed by atoms with Gasteiger partial charge in [-0.25, -0.2) is 0 Å². The van der Waals surface area contributed by atoms with Crippen LogP contribution >= 0.6 is 0 Å². The third-order valence-corrected chi connectivity index (χ3v) is 3.39. The number of benzene rings is 2. The molecule has 0 aromatic heterocycles. The van der Waals surface area contributed by atoms with E-state index < -0.39 is 0 Å². The normalized spacial score (nSPS) is 10.6. The molecule has 0 saturated carbocycles. The van der Waals surface area contributed by atoms with Gasteiger partial charge in [0.25, 0.3) is 0 Å². The first-order valence-corrected chi connectivity index (χ1v) is 8.39. The van der Waals surface area contributed by atoms with E-state index in [-0.39, 0.29) is 6.10 Å². The molecule has 0 aliphatic heterocycles. The molecule has 2 aromatic carbocycles. The predicted octanol–water partition coefficient (Wildman–Crippen LogP) is 5.26. The highest BCUT2D eigenvalue weighted by Gasteiger charge is 2.00. The first-order valence-electron chi connectivity index (χ1n) is 8.39. The average molecular weight is 313 g/mol. The summed E-state index contributed by atoms with van der Waals surface area (Å²) in [4.78, 5) is 0. The van der Waals surface area contributed by atoms with Crippen molar-refractivity contribution in [2.75, 3.05) is 11.9 Å². The molecule has 0 bridgehead atoms. The molecule has 3 heteroatoms. The quantitative estimate of drug-likeness (QED) is 0.640. The van der Waals surface area contributed by atoms with E-state index >= 15 is 0 Å². The lowest BCUT2D eigenvalue weighted by molar-refractivity contribution is 0.242. The van der Waals surface area contributed by atoms with Crippen LogP contribution in [-0.2, 0) is 6.54 Å². The second-order valence-corrected chi connectivity index (χ2v) is 5.89. The fourth-order valence-corrected chi connectivity index (χ4v) is 2.21. The maximum atomic E-state index is 5.75. The van der Waals surface area contributed by atoms with Crippen LogP contribution < -0.4 is 14.8 Å². The van der Waals surface area contributed by atoms with Crippen LogP contribution in [0.2, 0.25) is 0 Å². The van der Waals surface area contributed by atoms with Gasteiger partial charge >= 0.3 is 0 Å². The van der Waals surface area contributed by atoms with Gasteiger partial charge in [-0.1, -0.05) is 25.5 Å². The fraction of sp³-hybridized carbons (Fsp3) is 0.400. The lowest BCUT2D eigenvalue weighted by Gasteiger charge is -2.12. The van der Waals surface area contributed by atoms with Gasteiger partial charge in [0.1, 0.15) is 11.5 Å². The third-order valence-electron chi connectivity index (χ3n) is 3.39.